The van der Waals surface area contributed by atoms with E-state index in [4.69, 9.17) is 10.00 Å². The van der Waals surface area contributed by atoms with Crippen LogP contribution in [0.4, 0.5) is 14.9 Å². The van der Waals surface area contributed by atoms with Gasteiger partial charge in [0, 0.05) is 12.1 Å². The predicted octanol–water partition coefficient (Wildman–Crippen LogP) is 3.57. The first-order valence-corrected chi connectivity index (χ1v) is 8.08. The molecule has 25 heavy (non-hydrogen) atoms. The Morgan fingerprint density at radius 1 is 1.16 bits per heavy atom. The number of alkyl carbamates (subject to hydrolysis) is 1. The lowest BCUT2D eigenvalue weighted by Crippen LogP contribution is -2.49. The summed E-state index contributed by atoms with van der Waals surface area (Å²) in [6, 6.07) is 15.9. The molecule has 0 aromatic heterocycles. The van der Waals surface area contributed by atoms with Gasteiger partial charge in [-0.15, -0.1) is 0 Å². The van der Waals surface area contributed by atoms with Gasteiger partial charge < -0.3 is 15.4 Å². The molecule has 5 nitrogen and oxygen atoms in total. The molecule has 0 bridgehead atoms. The Labute approximate surface area is 145 Å². The lowest BCUT2D eigenvalue weighted by molar-refractivity contribution is 0.129. The summed E-state index contributed by atoms with van der Waals surface area (Å²) in [7, 11) is 0. The normalized spacial score (nSPS) is 18.6. The number of nitriles is 1. The third-order valence-electron chi connectivity index (χ3n) is 4.16. The first-order chi connectivity index (χ1) is 12.2. The number of benzene rings is 2. The topological polar surface area (TPSA) is 74.2 Å². The number of hydrogen-bond acceptors (Lipinski definition) is 4. The molecule has 1 saturated carbocycles. The van der Waals surface area contributed by atoms with Gasteiger partial charge in [0.1, 0.15) is 24.1 Å². The average molecular weight is 339 g/mol. The molecule has 2 N–H and O–H groups in total. The number of nitrogens with one attached hydrogen (secondary N) is 2. The largest absolute Gasteiger partial charge is 0.445 e. The van der Waals surface area contributed by atoms with Gasteiger partial charge in [-0.3, -0.25) is 0 Å². The van der Waals surface area contributed by atoms with E-state index in [-0.39, 0.29) is 24.3 Å². The third kappa shape index (κ3) is 4.27. The van der Waals surface area contributed by atoms with Gasteiger partial charge in [-0.05, 0) is 30.5 Å². The summed E-state index contributed by atoms with van der Waals surface area (Å²) in [6.45, 7) is 0.232. The smallest absolute Gasteiger partial charge is 0.407 e. The van der Waals surface area contributed by atoms with Crippen LogP contribution in [0, 0.1) is 17.1 Å². The second kappa shape index (κ2) is 7.67. The monoisotopic (exact) mass is 339 g/mol. The summed E-state index contributed by atoms with van der Waals surface area (Å²) >= 11 is 0. The van der Waals surface area contributed by atoms with Crippen LogP contribution < -0.4 is 10.6 Å². The first-order valence-electron chi connectivity index (χ1n) is 8.08. The Hall–Kier alpha value is -3.07. The van der Waals surface area contributed by atoms with Gasteiger partial charge in [0.05, 0.1) is 5.69 Å². The van der Waals surface area contributed by atoms with Crippen LogP contribution in [-0.4, -0.2) is 18.2 Å². The van der Waals surface area contributed by atoms with Crippen LogP contribution in [0.3, 0.4) is 0 Å². The zero-order valence-corrected chi connectivity index (χ0v) is 13.5. The van der Waals surface area contributed by atoms with Crippen molar-refractivity contribution in [1.82, 2.24) is 5.32 Å². The molecule has 1 amide bonds. The van der Waals surface area contributed by atoms with Crippen LogP contribution in [-0.2, 0) is 11.3 Å². The molecule has 1 aliphatic carbocycles. The minimum absolute atomic E-state index is 0.0138. The minimum Gasteiger partial charge on any atom is -0.445 e. The van der Waals surface area contributed by atoms with Crippen LogP contribution in [0.5, 0.6) is 0 Å². The van der Waals surface area contributed by atoms with E-state index in [2.05, 4.69) is 10.6 Å². The Morgan fingerprint density at radius 2 is 1.92 bits per heavy atom. The molecule has 6 heteroatoms. The van der Waals surface area contributed by atoms with Crippen LogP contribution in [0.15, 0.2) is 48.5 Å². The molecule has 128 valence electrons. The highest BCUT2D eigenvalue weighted by atomic mass is 19.1. The van der Waals surface area contributed by atoms with E-state index in [0.29, 0.717) is 18.5 Å². The van der Waals surface area contributed by atoms with E-state index in [9.17, 15) is 9.18 Å². The molecule has 0 heterocycles. The molecule has 0 atom stereocenters. The van der Waals surface area contributed by atoms with E-state index < -0.39 is 11.9 Å². The van der Waals surface area contributed by atoms with Gasteiger partial charge in [0.25, 0.3) is 0 Å². The number of rotatable bonds is 5. The van der Waals surface area contributed by atoms with Crippen molar-refractivity contribution in [3.63, 3.8) is 0 Å². The zero-order valence-electron chi connectivity index (χ0n) is 13.5. The Kier molecular flexibility index (Phi) is 5.14. The predicted molar refractivity (Wildman–Crippen MR) is 91.3 cm³/mol. The molecule has 3 rings (SSSR count). The fourth-order valence-electron chi connectivity index (χ4n) is 2.76. The first kappa shape index (κ1) is 16.8. The molecular formula is C19H18FN3O2. The highest BCUT2D eigenvalue weighted by Crippen LogP contribution is 2.27. The summed E-state index contributed by atoms with van der Waals surface area (Å²) in [4.78, 5) is 11.8. The number of amides is 1. The number of anilines is 1. The van der Waals surface area contributed by atoms with E-state index in [1.165, 1.54) is 6.07 Å². The third-order valence-corrected chi connectivity index (χ3v) is 4.16. The van der Waals surface area contributed by atoms with Gasteiger partial charge in [0.2, 0.25) is 0 Å². The van der Waals surface area contributed by atoms with Crippen molar-refractivity contribution in [2.75, 3.05) is 5.32 Å². The summed E-state index contributed by atoms with van der Waals surface area (Å²) in [5, 5.41) is 15.0. The van der Waals surface area contributed by atoms with E-state index in [0.717, 1.165) is 5.56 Å². The molecule has 2 aromatic rings. The SMILES string of the molecule is N#Cc1c(F)cccc1NC1CC(NC(=O)OCc2ccccc2)C1. The van der Waals surface area contributed by atoms with Crippen LogP contribution in [0.25, 0.3) is 0 Å². The summed E-state index contributed by atoms with van der Waals surface area (Å²) in [5.41, 5.74) is 1.43. The van der Waals surface area contributed by atoms with Crippen molar-refractivity contribution in [3.05, 3.63) is 65.5 Å². The van der Waals surface area contributed by atoms with Crippen LogP contribution >= 0.6 is 0 Å². The fourth-order valence-corrected chi connectivity index (χ4v) is 2.76. The molecule has 0 aliphatic heterocycles. The van der Waals surface area contributed by atoms with E-state index >= 15 is 0 Å². The standard InChI is InChI=1S/C19H18FN3O2/c20-17-7-4-8-18(16(17)11-21)22-14-9-15(10-14)23-19(24)25-12-13-5-2-1-3-6-13/h1-8,14-15,22H,9-10,12H2,(H,23,24). The van der Waals surface area contributed by atoms with E-state index in [1.807, 2.05) is 36.4 Å². The van der Waals surface area contributed by atoms with Gasteiger partial charge in [-0.1, -0.05) is 36.4 Å². The molecule has 2 aromatic carbocycles. The maximum absolute atomic E-state index is 13.6. The molecular weight excluding hydrogens is 321 g/mol. The lowest BCUT2D eigenvalue weighted by Gasteiger charge is -2.36. The quantitative estimate of drug-likeness (QED) is 0.873. The number of ether oxygens (including phenoxy) is 1. The van der Waals surface area contributed by atoms with Crippen LogP contribution in [0.2, 0.25) is 0 Å². The van der Waals surface area contributed by atoms with Crippen molar-refractivity contribution >= 4 is 11.8 Å². The molecule has 1 fully saturated rings. The zero-order chi connectivity index (χ0) is 17.6. The second-order valence-corrected chi connectivity index (χ2v) is 5.99. The average Bonchev–Trinajstić information content (AvgIpc) is 2.59. The van der Waals surface area contributed by atoms with Crippen molar-refractivity contribution in [2.24, 2.45) is 0 Å². The molecule has 0 unspecified atom stereocenters. The summed E-state index contributed by atoms with van der Waals surface area (Å²) in [5.74, 6) is -0.536. The van der Waals surface area contributed by atoms with Gasteiger partial charge in [0.15, 0.2) is 0 Å². The van der Waals surface area contributed by atoms with Gasteiger partial charge in [-0.25, -0.2) is 9.18 Å². The molecule has 0 spiro atoms. The number of halogens is 1. The molecule has 0 saturated heterocycles. The minimum atomic E-state index is -0.536. The number of nitrogens with zero attached hydrogens (tertiary/aromatic N) is 1. The number of carbonyl (C=O) groups is 1. The fraction of sp³-hybridized carbons (Fsp3) is 0.263. The molecule has 0 radical (unpaired) electrons. The van der Waals surface area contributed by atoms with Gasteiger partial charge in [-0.2, -0.15) is 5.26 Å². The number of hydrogen-bond donors (Lipinski definition) is 2. The summed E-state index contributed by atoms with van der Waals surface area (Å²) in [6.07, 6.45) is 0.944. The van der Waals surface area contributed by atoms with Crippen molar-refractivity contribution in [2.45, 2.75) is 31.5 Å². The lowest BCUT2D eigenvalue weighted by atomic mass is 9.86. The van der Waals surface area contributed by atoms with Crippen LogP contribution in [0.1, 0.15) is 24.0 Å². The molecule has 1 aliphatic rings. The Bertz CT molecular complexity index is 783. The van der Waals surface area contributed by atoms with E-state index in [1.54, 1.807) is 12.1 Å². The summed E-state index contributed by atoms with van der Waals surface area (Å²) < 4.78 is 18.7. The van der Waals surface area contributed by atoms with Crippen molar-refractivity contribution in [1.29, 1.82) is 5.26 Å². The second-order valence-electron chi connectivity index (χ2n) is 5.99. The van der Waals surface area contributed by atoms with Crippen molar-refractivity contribution in [3.8, 4) is 6.07 Å². The highest BCUT2D eigenvalue weighted by Gasteiger charge is 2.31. The van der Waals surface area contributed by atoms with Crippen molar-refractivity contribution < 1.29 is 13.9 Å². The highest BCUT2D eigenvalue weighted by molar-refractivity contribution is 5.68. The Balaban J connectivity index is 1.42. The Morgan fingerprint density at radius 3 is 2.64 bits per heavy atom. The maximum Gasteiger partial charge on any atom is 0.407 e. The maximum atomic E-state index is 13.6. The van der Waals surface area contributed by atoms with Gasteiger partial charge >= 0.3 is 6.09 Å². The number of carbonyl (C=O) groups excluding carboxylic acids is 1.